The zero-order valence-corrected chi connectivity index (χ0v) is 19.3. The molecule has 15 heteroatoms. The molecule has 1 fully saturated rings. The Hall–Kier alpha value is -2.98. The Morgan fingerprint density at radius 1 is 1.11 bits per heavy atom. The smallest absolute Gasteiger partial charge is 0.462 e. The van der Waals surface area contributed by atoms with Gasteiger partial charge in [0.15, 0.2) is 0 Å². The monoisotopic (exact) mass is 538 g/mol. The summed E-state index contributed by atoms with van der Waals surface area (Å²) in [5.41, 5.74) is -6.58. The number of sulfonamides is 1. The van der Waals surface area contributed by atoms with Crippen molar-refractivity contribution in [2.45, 2.75) is 43.1 Å². The molecule has 2 aromatic carbocycles. The van der Waals surface area contributed by atoms with E-state index in [1.807, 2.05) is 0 Å². The van der Waals surface area contributed by atoms with Crippen LogP contribution in [-0.2, 0) is 19.6 Å². The Bertz CT molecular complexity index is 1210. The average Bonchev–Trinajstić information content (AvgIpc) is 2.79. The fraction of sp³-hybridized carbons (Fsp3) is 0.381. The number of benzene rings is 2. The van der Waals surface area contributed by atoms with Gasteiger partial charge in [0.25, 0.3) is 0 Å². The number of alkyl halides is 3. The molecule has 0 bridgehead atoms. The van der Waals surface area contributed by atoms with Gasteiger partial charge in [0.05, 0.1) is 6.61 Å². The fourth-order valence-corrected chi connectivity index (χ4v) is 4.05. The molecule has 3 rings (SSSR count). The highest BCUT2D eigenvalue weighted by Gasteiger charge is 2.47. The number of ether oxygens (including phenoxy) is 2. The van der Waals surface area contributed by atoms with E-state index in [1.165, 1.54) is 29.0 Å². The Morgan fingerprint density at radius 3 is 2.39 bits per heavy atom. The van der Waals surface area contributed by atoms with E-state index in [9.17, 15) is 46.1 Å². The highest BCUT2D eigenvalue weighted by Crippen LogP contribution is 2.36. The van der Waals surface area contributed by atoms with Gasteiger partial charge in [-0.2, -0.15) is 21.6 Å². The molecular weight excluding hydrogens is 516 g/mol. The van der Waals surface area contributed by atoms with Gasteiger partial charge in [-0.25, -0.2) is 4.39 Å². The number of carbonyl (C=O) groups is 1. The lowest BCUT2D eigenvalue weighted by Gasteiger charge is -2.42. The van der Waals surface area contributed by atoms with E-state index < -0.39 is 70.2 Å². The molecule has 0 unspecified atom stereocenters. The van der Waals surface area contributed by atoms with E-state index in [2.05, 4.69) is 5.32 Å². The summed E-state index contributed by atoms with van der Waals surface area (Å²) < 4.78 is 88.4. The fourth-order valence-electron chi connectivity index (χ4n) is 3.50. The summed E-state index contributed by atoms with van der Waals surface area (Å²) in [6.07, 6.45) is -6.02. The number of aliphatic hydroxyl groups excluding tert-OH is 3. The number of carbonyl (C=O) groups excluding carboxylic acids is 1. The first-order valence-electron chi connectivity index (χ1n) is 10.3. The zero-order valence-electron chi connectivity index (χ0n) is 18.4. The van der Waals surface area contributed by atoms with Crippen LogP contribution in [0.15, 0.2) is 42.5 Å². The van der Waals surface area contributed by atoms with Crippen molar-refractivity contribution >= 4 is 21.6 Å². The maximum absolute atomic E-state index is 14.7. The predicted octanol–water partition coefficient (Wildman–Crippen LogP) is 1.08. The first kappa shape index (κ1) is 27.6. The largest absolute Gasteiger partial charge is 0.516 e. The maximum Gasteiger partial charge on any atom is 0.516 e. The van der Waals surface area contributed by atoms with Gasteiger partial charge in [-0.3, -0.25) is 9.52 Å². The first-order chi connectivity index (χ1) is 16.7. The second kappa shape index (κ2) is 10.6. The molecule has 198 valence electrons. The predicted molar refractivity (Wildman–Crippen MR) is 116 cm³/mol. The molecule has 1 heterocycles. The van der Waals surface area contributed by atoms with E-state index in [1.54, 1.807) is 0 Å². The molecule has 5 N–H and O–H groups in total. The SMILES string of the molecule is CC(=O)N[C@H]1[C@H](Oc2ccccc2-c2cc(NS(=O)(=O)C(F)(F)F)ccc2F)O[C@H](CO)[C@H](O)[C@@H]1O. The molecule has 0 spiro atoms. The zero-order chi connectivity index (χ0) is 26.8. The number of amides is 1. The average molecular weight is 538 g/mol. The van der Waals surface area contributed by atoms with Crippen LogP contribution >= 0.6 is 0 Å². The quantitative estimate of drug-likeness (QED) is 0.328. The molecular formula is C21H22F4N2O8S. The third kappa shape index (κ3) is 5.87. The van der Waals surface area contributed by atoms with Crippen molar-refractivity contribution in [3.05, 3.63) is 48.3 Å². The van der Waals surface area contributed by atoms with Crippen molar-refractivity contribution in [3.63, 3.8) is 0 Å². The van der Waals surface area contributed by atoms with Crippen LogP contribution < -0.4 is 14.8 Å². The summed E-state index contributed by atoms with van der Waals surface area (Å²) in [4.78, 5) is 11.6. The molecule has 36 heavy (non-hydrogen) atoms. The molecule has 0 radical (unpaired) electrons. The summed E-state index contributed by atoms with van der Waals surface area (Å²) in [7, 11) is -5.77. The summed E-state index contributed by atoms with van der Waals surface area (Å²) >= 11 is 0. The molecule has 1 aliphatic heterocycles. The minimum Gasteiger partial charge on any atom is -0.462 e. The van der Waals surface area contributed by atoms with Crippen molar-refractivity contribution in [1.82, 2.24) is 5.32 Å². The lowest BCUT2D eigenvalue weighted by atomic mass is 9.96. The van der Waals surface area contributed by atoms with E-state index in [4.69, 9.17) is 9.47 Å². The van der Waals surface area contributed by atoms with Gasteiger partial charge in [0, 0.05) is 23.7 Å². The number of rotatable bonds is 7. The van der Waals surface area contributed by atoms with Crippen molar-refractivity contribution in [1.29, 1.82) is 0 Å². The third-order valence-corrected chi connectivity index (χ3v) is 6.31. The standard InChI is InChI=1S/C21H22F4N2O8S/c1-10(29)26-17-19(31)18(30)16(9-28)35-20(17)34-15-5-3-2-4-12(15)13-8-11(6-7-14(13)22)27-36(32,33)21(23,24)25/h2-8,16-20,27-28,30-31H,9H2,1H3,(H,26,29)/t16-,17-,18+,19-,20-/m1/s1. The third-order valence-electron chi connectivity index (χ3n) is 5.19. The highest BCUT2D eigenvalue weighted by atomic mass is 32.2. The molecule has 5 atom stereocenters. The van der Waals surface area contributed by atoms with Gasteiger partial charge in [-0.05, 0) is 24.3 Å². The minimum atomic E-state index is -5.77. The van der Waals surface area contributed by atoms with E-state index in [0.29, 0.717) is 0 Å². The number of nitrogens with one attached hydrogen (secondary N) is 2. The van der Waals surface area contributed by atoms with Crippen LogP contribution in [0.4, 0.5) is 23.2 Å². The van der Waals surface area contributed by atoms with Gasteiger partial charge in [-0.15, -0.1) is 0 Å². The molecule has 1 amide bonds. The van der Waals surface area contributed by atoms with Crippen molar-refractivity contribution in [2.24, 2.45) is 0 Å². The summed E-state index contributed by atoms with van der Waals surface area (Å²) in [5.74, 6) is -1.68. The second-order valence-electron chi connectivity index (χ2n) is 7.79. The first-order valence-corrected chi connectivity index (χ1v) is 11.8. The maximum atomic E-state index is 14.7. The Kier molecular flexibility index (Phi) is 8.10. The number of halogens is 4. The number of hydrogen-bond acceptors (Lipinski definition) is 8. The minimum absolute atomic E-state index is 0.0469. The second-order valence-corrected chi connectivity index (χ2v) is 9.47. The molecule has 2 aromatic rings. The van der Waals surface area contributed by atoms with E-state index in [0.717, 1.165) is 25.1 Å². The van der Waals surface area contributed by atoms with Crippen LogP contribution in [0, 0.1) is 5.82 Å². The lowest BCUT2D eigenvalue weighted by Crippen LogP contribution is -2.65. The normalized spacial score (nSPS) is 24.7. The number of para-hydroxylation sites is 1. The van der Waals surface area contributed by atoms with E-state index >= 15 is 0 Å². The van der Waals surface area contributed by atoms with Crippen molar-refractivity contribution in [3.8, 4) is 16.9 Å². The van der Waals surface area contributed by atoms with Gasteiger partial charge in [-0.1, -0.05) is 18.2 Å². The highest BCUT2D eigenvalue weighted by molar-refractivity contribution is 7.93. The van der Waals surface area contributed by atoms with Crippen LogP contribution in [0.25, 0.3) is 11.1 Å². The molecule has 1 aliphatic rings. The topological polar surface area (TPSA) is 154 Å². The van der Waals surface area contributed by atoms with Crippen LogP contribution in [0.1, 0.15) is 6.92 Å². The number of anilines is 1. The van der Waals surface area contributed by atoms with Gasteiger partial charge < -0.3 is 30.1 Å². The molecule has 10 nitrogen and oxygen atoms in total. The van der Waals surface area contributed by atoms with Crippen LogP contribution in [0.2, 0.25) is 0 Å². The van der Waals surface area contributed by atoms with Gasteiger partial charge in [0.1, 0.15) is 35.9 Å². The van der Waals surface area contributed by atoms with Crippen LogP contribution in [0.3, 0.4) is 0 Å². The van der Waals surface area contributed by atoms with E-state index in [-0.39, 0.29) is 16.9 Å². The van der Waals surface area contributed by atoms with Crippen LogP contribution in [-0.4, -0.2) is 72.4 Å². The molecule has 0 aliphatic carbocycles. The molecule has 0 aromatic heterocycles. The molecule has 1 saturated heterocycles. The summed E-state index contributed by atoms with van der Waals surface area (Å²) in [6, 6.07) is 6.58. The Morgan fingerprint density at radius 2 is 1.78 bits per heavy atom. The van der Waals surface area contributed by atoms with Crippen molar-refractivity contribution < 1.29 is 55.6 Å². The van der Waals surface area contributed by atoms with Gasteiger partial charge >= 0.3 is 15.5 Å². The summed E-state index contributed by atoms with van der Waals surface area (Å²) in [5, 5.41) is 32.4. The molecule has 0 saturated carbocycles. The summed E-state index contributed by atoms with van der Waals surface area (Å²) in [6.45, 7) is 0.410. The Labute approximate surface area is 202 Å². The van der Waals surface area contributed by atoms with Crippen molar-refractivity contribution in [2.75, 3.05) is 11.3 Å². The number of aliphatic hydroxyl groups is 3. The lowest BCUT2D eigenvalue weighted by molar-refractivity contribution is -0.244. The Balaban J connectivity index is 1.99. The number of hydrogen-bond donors (Lipinski definition) is 5. The van der Waals surface area contributed by atoms with Crippen LogP contribution in [0.5, 0.6) is 5.75 Å². The van der Waals surface area contributed by atoms with Gasteiger partial charge in [0.2, 0.25) is 12.2 Å².